The van der Waals surface area contributed by atoms with Gasteiger partial charge in [-0.05, 0) is 41.8 Å². The Morgan fingerprint density at radius 3 is 3.00 bits per heavy atom. The molecule has 2 heterocycles. The molecule has 1 aromatic heterocycles. The van der Waals surface area contributed by atoms with Crippen molar-refractivity contribution in [2.45, 2.75) is 6.04 Å². The number of likely N-dealkylation sites (N-methyl/N-ethyl adjacent to an activating group) is 1. The molecular formula is C13H15ClFIN4O. The Morgan fingerprint density at radius 1 is 1.48 bits per heavy atom. The number of hydrogen-bond acceptors (Lipinski definition) is 5. The van der Waals surface area contributed by atoms with Crippen LogP contribution in [0.1, 0.15) is 11.9 Å². The number of rotatable bonds is 2. The lowest BCUT2D eigenvalue weighted by atomic mass is 10.2. The largest absolute Gasteiger partial charge is 0.334 e. The van der Waals surface area contributed by atoms with Gasteiger partial charge in [0.1, 0.15) is 5.82 Å². The van der Waals surface area contributed by atoms with Crippen LogP contribution in [-0.2, 0) is 0 Å². The van der Waals surface area contributed by atoms with E-state index in [1.165, 1.54) is 6.07 Å². The van der Waals surface area contributed by atoms with Crippen LogP contribution in [0.2, 0.25) is 0 Å². The Morgan fingerprint density at radius 2 is 2.29 bits per heavy atom. The maximum atomic E-state index is 13.9. The predicted octanol–water partition coefficient (Wildman–Crippen LogP) is 2.48. The van der Waals surface area contributed by atoms with E-state index in [1.54, 1.807) is 6.07 Å². The maximum absolute atomic E-state index is 13.9. The summed E-state index contributed by atoms with van der Waals surface area (Å²) in [6, 6.07) is 4.94. The first-order chi connectivity index (χ1) is 9.66. The zero-order chi connectivity index (χ0) is 14.1. The molecule has 0 aliphatic carbocycles. The van der Waals surface area contributed by atoms with Crippen LogP contribution < -0.4 is 5.32 Å². The fourth-order valence-corrected chi connectivity index (χ4v) is 2.96. The normalized spacial score (nSPS) is 19.3. The van der Waals surface area contributed by atoms with Gasteiger partial charge in [-0.3, -0.25) is 4.90 Å². The molecule has 5 nitrogen and oxygen atoms in total. The van der Waals surface area contributed by atoms with Crippen molar-refractivity contribution in [1.29, 1.82) is 0 Å². The Balaban J connectivity index is 0.00000161. The third-order valence-electron chi connectivity index (χ3n) is 3.43. The highest BCUT2D eigenvalue weighted by atomic mass is 127. The zero-order valence-corrected chi connectivity index (χ0v) is 14.3. The number of nitrogens with one attached hydrogen (secondary N) is 1. The van der Waals surface area contributed by atoms with E-state index in [4.69, 9.17) is 4.52 Å². The van der Waals surface area contributed by atoms with Crippen molar-refractivity contribution in [3.8, 4) is 11.5 Å². The highest BCUT2D eigenvalue weighted by Gasteiger charge is 2.26. The maximum Gasteiger partial charge on any atom is 0.262 e. The lowest BCUT2D eigenvalue weighted by Crippen LogP contribution is -2.44. The minimum absolute atomic E-state index is 0. The molecule has 1 N–H and O–H groups in total. The van der Waals surface area contributed by atoms with E-state index in [0.717, 1.165) is 23.2 Å². The van der Waals surface area contributed by atoms with Crippen molar-refractivity contribution in [2.24, 2.45) is 0 Å². The standard InChI is InChI=1S/C13H14FIN4O.ClH/c1-19-6-5-16-7-10(19)12-17-13(20-18-12)11-8(14)3-2-4-9(11)15;/h2-4,10,16H,5-7H2,1H3;1H. The highest BCUT2D eigenvalue weighted by Crippen LogP contribution is 2.28. The summed E-state index contributed by atoms with van der Waals surface area (Å²) in [5.74, 6) is 0.484. The fraction of sp³-hybridized carbons (Fsp3) is 0.385. The van der Waals surface area contributed by atoms with Crippen molar-refractivity contribution in [3.05, 3.63) is 33.4 Å². The first-order valence-corrected chi connectivity index (χ1v) is 7.43. The minimum Gasteiger partial charge on any atom is -0.334 e. The summed E-state index contributed by atoms with van der Waals surface area (Å²) in [6.45, 7) is 2.64. The molecule has 114 valence electrons. The minimum atomic E-state index is -0.345. The molecule has 3 rings (SSSR count). The molecule has 1 aliphatic heterocycles. The number of aromatic nitrogens is 2. The van der Waals surface area contributed by atoms with Gasteiger partial charge in [0.15, 0.2) is 5.82 Å². The van der Waals surface area contributed by atoms with Crippen LogP contribution in [0, 0.1) is 9.39 Å². The van der Waals surface area contributed by atoms with Crippen molar-refractivity contribution in [2.75, 3.05) is 26.7 Å². The highest BCUT2D eigenvalue weighted by molar-refractivity contribution is 14.1. The van der Waals surface area contributed by atoms with Gasteiger partial charge < -0.3 is 9.84 Å². The van der Waals surface area contributed by atoms with Crippen LogP contribution >= 0.6 is 35.0 Å². The SMILES string of the molecule is CN1CCNCC1c1noc(-c2c(F)cccc2I)n1.Cl. The van der Waals surface area contributed by atoms with Gasteiger partial charge in [0.05, 0.1) is 11.6 Å². The Kier molecular flexibility index (Phi) is 5.53. The van der Waals surface area contributed by atoms with E-state index in [-0.39, 0.29) is 30.2 Å². The van der Waals surface area contributed by atoms with Gasteiger partial charge in [0, 0.05) is 23.2 Å². The molecule has 1 atom stereocenters. The average Bonchev–Trinajstić information content (AvgIpc) is 2.88. The van der Waals surface area contributed by atoms with E-state index in [2.05, 4.69) is 42.9 Å². The van der Waals surface area contributed by atoms with Crippen LogP contribution in [-0.4, -0.2) is 41.7 Å². The number of piperazine rings is 1. The Hall–Kier alpha value is -0.770. The summed E-state index contributed by atoms with van der Waals surface area (Å²) in [7, 11) is 2.02. The number of benzene rings is 1. The fourth-order valence-electron chi connectivity index (χ4n) is 2.27. The summed E-state index contributed by atoms with van der Waals surface area (Å²) in [4.78, 5) is 6.54. The van der Waals surface area contributed by atoms with Crippen molar-refractivity contribution < 1.29 is 8.91 Å². The van der Waals surface area contributed by atoms with E-state index >= 15 is 0 Å². The monoisotopic (exact) mass is 424 g/mol. The molecule has 0 spiro atoms. The molecule has 1 unspecified atom stereocenters. The van der Waals surface area contributed by atoms with Crippen molar-refractivity contribution in [1.82, 2.24) is 20.4 Å². The summed E-state index contributed by atoms with van der Waals surface area (Å²) >= 11 is 2.07. The molecule has 2 aromatic rings. The lowest BCUT2D eigenvalue weighted by Gasteiger charge is -2.30. The van der Waals surface area contributed by atoms with Gasteiger partial charge in [0.25, 0.3) is 5.89 Å². The quantitative estimate of drug-likeness (QED) is 0.751. The second kappa shape index (κ2) is 6.99. The molecule has 1 saturated heterocycles. The molecule has 8 heteroatoms. The van der Waals surface area contributed by atoms with E-state index in [1.807, 2.05) is 13.1 Å². The molecule has 21 heavy (non-hydrogen) atoms. The molecule has 0 saturated carbocycles. The summed E-state index contributed by atoms with van der Waals surface area (Å²) in [6.07, 6.45) is 0. The molecular weight excluding hydrogens is 410 g/mol. The van der Waals surface area contributed by atoms with Gasteiger partial charge in [0.2, 0.25) is 0 Å². The number of nitrogens with zero attached hydrogens (tertiary/aromatic N) is 3. The summed E-state index contributed by atoms with van der Waals surface area (Å²) in [5, 5.41) is 7.31. The van der Waals surface area contributed by atoms with Crippen molar-refractivity contribution >= 4 is 35.0 Å². The summed E-state index contributed by atoms with van der Waals surface area (Å²) in [5.41, 5.74) is 0.373. The third-order valence-corrected chi connectivity index (χ3v) is 4.33. The molecule has 1 aromatic carbocycles. The van der Waals surface area contributed by atoms with Gasteiger partial charge in [-0.25, -0.2) is 4.39 Å². The Labute approximate surface area is 141 Å². The average molecular weight is 425 g/mol. The van der Waals surface area contributed by atoms with Crippen LogP contribution in [0.3, 0.4) is 0 Å². The van der Waals surface area contributed by atoms with Crippen LogP contribution in [0.4, 0.5) is 4.39 Å². The van der Waals surface area contributed by atoms with Gasteiger partial charge in [-0.1, -0.05) is 11.2 Å². The van der Waals surface area contributed by atoms with Crippen LogP contribution in [0.15, 0.2) is 22.7 Å². The smallest absolute Gasteiger partial charge is 0.262 e. The van der Waals surface area contributed by atoms with Crippen LogP contribution in [0.25, 0.3) is 11.5 Å². The second-order valence-corrected chi connectivity index (χ2v) is 5.92. The predicted molar refractivity (Wildman–Crippen MR) is 87.9 cm³/mol. The number of hydrogen-bond donors (Lipinski definition) is 1. The van der Waals surface area contributed by atoms with E-state index in [0.29, 0.717) is 11.4 Å². The Bertz CT molecular complexity index is 604. The van der Waals surface area contributed by atoms with E-state index < -0.39 is 0 Å². The van der Waals surface area contributed by atoms with Gasteiger partial charge in [-0.15, -0.1) is 12.4 Å². The lowest BCUT2D eigenvalue weighted by molar-refractivity contribution is 0.190. The third kappa shape index (κ3) is 3.36. The molecule has 0 amide bonds. The second-order valence-electron chi connectivity index (χ2n) is 4.75. The van der Waals surface area contributed by atoms with E-state index in [9.17, 15) is 4.39 Å². The molecule has 1 aliphatic rings. The molecule has 0 bridgehead atoms. The number of halogens is 3. The first-order valence-electron chi connectivity index (χ1n) is 6.36. The van der Waals surface area contributed by atoms with Crippen molar-refractivity contribution in [3.63, 3.8) is 0 Å². The van der Waals surface area contributed by atoms with Crippen LogP contribution in [0.5, 0.6) is 0 Å². The molecule has 1 fully saturated rings. The summed E-state index contributed by atoms with van der Waals surface area (Å²) < 4.78 is 19.9. The first kappa shape index (κ1) is 16.6. The van der Waals surface area contributed by atoms with Gasteiger partial charge >= 0.3 is 0 Å². The van der Waals surface area contributed by atoms with Gasteiger partial charge in [-0.2, -0.15) is 4.98 Å². The zero-order valence-electron chi connectivity index (χ0n) is 11.3. The molecule has 0 radical (unpaired) electrons. The topological polar surface area (TPSA) is 54.2 Å².